The summed E-state index contributed by atoms with van der Waals surface area (Å²) in [5, 5.41) is 2.63. The van der Waals surface area contributed by atoms with Crippen LogP contribution in [0.1, 0.15) is 35.1 Å². The lowest BCUT2D eigenvalue weighted by atomic mass is 10.0. The first-order valence-electron chi connectivity index (χ1n) is 10.3. The fourth-order valence-electron chi connectivity index (χ4n) is 4.05. The van der Waals surface area contributed by atoms with Gasteiger partial charge in [0.25, 0.3) is 11.8 Å². The zero-order valence-corrected chi connectivity index (χ0v) is 18.6. The van der Waals surface area contributed by atoms with E-state index in [1.165, 1.54) is 17.0 Å². The van der Waals surface area contributed by atoms with Gasteiger partial charge >= 0.3 is 0 Å². The number of hydrogen-bond donors (Lipinski definition) is 1. The van der Waals surface area contributed by atoms with Crippen molar-refractivity contribution in [3.8, 4) is 0 Å². The molecule has 4 rings (SSSR count). The third-order valence-corrected chi connectivity index (χ3v) is 6.29. The second-order valence-electron chi connectivity index (χ2n) is 8.03. The van der Waals surface area contributed by atoms with Crippen molar-refractivity contribution >= 4 is 46.6 Å². The predicted molar refractivity (Wildman–Crippen MR) is 125 cm³/mol. The van der Waals surface area contributed by atoms with E-state index in [-0.39, 0.29) is 16.5 Å². The molecule has 2 fully saturated rings. The van der Waals surface area contributed by atoms with Crippen molar-refractivity contribution in [1.82, 2.24) is 5.32 Å². The van der Waals surface area contributed by atoms with Crippen molar-refractivity contribution in [2.75, 3.05) is 22.9 Å². The van der Waals surface area contributed by atoms with Crippen LogP contribution in [0.15, 0.2) is 35.9 Å². The molecule has 1 N–H and O–H groups in total. The molecule has 31 heavy (non-hydrogen) atoms. The number of benzene rings is 2. The number of anilines is 2. The quantitative estimate of drug-likeness (QED) is 0.445. The molecule has 0 radical (unpaired) electrons. The van der Waals surface area contributed by atoms with E-state index < -0.39 is 11.8 Å². The number of nitrogens with zero attached hydrogens (tertiary/aromatic N) is 2. The van der Waals surface area contributed by atoms with E-state index in [4.69, 9.17) is 12.2 Å². The van der Waals surface area contributed by atoms with Crippen LogP contribution in [-0.2, 0) is 9.59 Å². The summed E-state index contributed by atoms with van der Waals surface area (Å²) in [6.45, 7) is 7.36. The maximum atomic E-state index is 14.8. The van der Waals surface area contributed by atoms with Gasteiger partial charge in [-0.1, -0.05) is 12.1 Å². The van der Waals surface area contributed by atoms with Crippen LogP contribution in [-0.4, -0.2) is 30.0 Å². The number of thiocarbonyl (C=S) groups is 1. The van der Waals surface area contributed by atoms with Crippen LogP contribution in [0.2, 0.25) is 0 Å². The van der Waals surface area contributed by atoms with Gasteiger partial charge in [-0.25, -0.2) is 4.39 Å². The summed E-state index contributed by atoms with van der Waals surface area (Å²) in [7, 11) is 0. The van der Waals surface area contributed by atoms with Gasteiger partial charge < -0.3 is 4.90 Å². The number of carbonyl (C=O) groups is 2. The minimum absolute atomic E-state index is 0.0353. The van der Waals surface area contributed by atoms with E-state index in [1.807, 2.05) is 37.8 Å². The zero-order chi connectivity index (χ0) is 22.3. The molecule has 0 bridgehead atoms. The SMILES string of the molecule is Cc1cc(N2CCCC2)c(F)cc1/C=C1\C(=O)NC(=S)N(c2cccc(C)c2C)C1=O. The fourth-order valence-corrected chi connectivity index (χ4v) is 4.32. The van der Waals surface area contributed by atoms with Gasteiger partial charge in [0.2, 0.25) is 0 Å². The van der Waals surface area contributed by atoms with Crippen LogP contribution in [0.3, 0.4) is 0 Å². The second-order valence-corrected chi connectivity index (χ2v) is 8.42. The van der Waals surface area contributed by atoms with Crippen molar-refractivity contribution in [3.63, 3.8) is 0 Å². The molecule has 160 valence electrons. The van der Waals surface area contributed by atoms with E-state index in [0.717, 1.165) is 42.6 Å². The number of rotatable bonds is 3. The van der Waals surface area contributed by atoms with Gasteiger partial charge in [-0.3, -0.25) is 19.8 Å². The van der Waals surface area contributed by atoms with Crippen LogP contribution in [0.5, 0.6) is 0 Å². The maximum Gasteiger partial charge on any atom is 0.270 e. The summed E-state index contributed by atoms with van der Waals surface area (Å²) in [6.07, 6.45) is 3.55. The molecular weight excluding hydrogens is 413 g/mol. The molecule has 5 nitrogen and oxygen atoms in total. The van der Waals surface area contributed by atoms with Crippen molar-refractivity contribution in [3.05, 3.63) is 64.0 Å². The summed E-state index contributed by atoms with van der Waals surface area (Å²) in [6, 6.07) is 8.75. The van der Waals surface area contributed by atoms with E-state index in [9.17, 15) is 14.0 Å². The van der Waals surface area contributed by atoms with Crippen LogP contribution < -0.4 is 15.1 Å². The molecule has 2 aliphatic rings. The van der Waals surface area contributed by atoms with Crippen molar-refractivity contribution in [2.24, 2.45) is 0 Å². The van der Waals surface area contributed by atoms with E-state index in [1.54, 1.807) is 12.1 Å². The highest BCUT2D eigenvalue weighted by Crippen LogP contribution is 2.30. The van der Waals surface area contributed by atoms with E-state index in [2.05, 4.69) is 5.32 Å². The van der Waals surface area contributed by atoms with Gasteiger partial charge in [0.15, 0.2) is 5.11 Å². The minimum Gasteiger partial charge on any atom is -0.369 e. The molecule has 2 saturated heterocycles. The Morgan fingerprint density at radius 3 is 2.45 bits per heavy atom. The van der Waals surface area contributed by atoms with Crippen molar-refractivity contribution in [2.45, 2.75) is 33.6 Å². The largest absolute Gasteiger partial charge is 0.369 e. The molecule has 7 heteroatoms. The summed E-state index contributed by atoms with van der Waals surface area (Å²) >= 11 is 5.29. The normalized spacial score (nSPS) is 18.2. The Morgan fingerprint density at radius 2 is 1.74 bits per heavy atom. The average molecular weight is 438 g/mol. The highest BCUT2D eigenvalue weighted by atomic mass is 32.1. The molecule has 0 aromatic heterocycles. The number of aryl methyl sites for hydroxylation is 2. The molecule has 0 unspecified atom stereocenters. The average Bonchev–Trinajstić information content (AvgIpc) is 3.25. The van der Waals surface area contributed by atoms with Gasteiger partial charge in [-0.15, -0.1) is 0 Å². The third kappa shape index (κ3) is 3.85. The first-order valence-corrected chi connectivity index (χ1v) is 10.7. The number of hydrogen-bond acceptors (Lipinski definition) is 4. The van der Waals surface area contributed by atoms with Gasteiger partial charge in [-0.2, -0.15) is 0 Å². The Bertz CT molecular complexity index is 1140. The summed E-state index contributed by atoms with van der Waals surface area (Å²) in [5.41, 5.74) is 4.29. The lowest BCUT2D eigenvalue weighted by Gasteiger charge is -2.30. The Kier molecular flexibility index (Phi) is 5.62. The molecule has 2 aromatic rings. The molecular formula is C24H24FN3O2S. The smallest absolute Gasteiger partial charge is 0.270 e. The number of halogens is 1. The van der Waals surface area contributed by atoms with Crippen LogP contribution in [0.25, 0.3) is 6.08 Å². The number of amides is 2. The van der Waals surface area contributed by atoms with Gasteiger partial charge in [0, 0.05) is 13.1 Å². The number of nitrogens with one attached hydrogen (secondary N) is 1. The Balaban J connectivity index is 1.74. The lowest BCUT2D eigenvalue weighted by molar-refractivity contribution is -0.122. The van der Waals surface area contributed by atoms with Gasteiger partial charge in [-0.05, 0) is 92.4 Å². The Labute approximate surface area is 186 Å². The van der Waals surface area contributed by atoms with Crippen LogP contribution in [0.4, 0.5) is 15.8 Å². The molecule has 0 aliphatic carbocycles. The zero-order valence-electron chi connectivity index (χ0n) is 17.8. The highest BCUT2D eigenvalue weighted by Gasteiger charge is 2.35. The Hall–Kier alpha value is -3.06. The predicted octanol–water partition coefficient (Wildman–Crippen LogP) is 4.18. The van der Waals surface area contributed by atoms with Crippen LogP contribution in [0, 0.1) is 26.6 Å². The first-order chi connectivity index (χ1) is 14.8. The molecule has 0 atom stereocenters. The standard InChI is InChI=1S/C24H24FN3O2S/c1-14-7-6-8-20(16(14)3)28-23(30)18(22(29)26-24(28)31)12-17-13-19(25)21(11-15(17)2)27-9-4-5-10-27/h6-8,11-13H,4-5,9-10H2,1-3H3,(H,26,29,31)/b18-12+. The fraction of sp³-hybridized carbons (Fsp3) is 0.292. The molecule has 2 heterocycles. The topological polar surface area (TPSA) is 52.7 Å². The number of carbonyl (C=O) groups excluding carboxylic acids is 2. The summed E-state index contributed by atoms with van der Waals surface area (Å²) < 4.78 is 14.8. The lowest BCUT2D eigenvalue weighted by Crippen LogP contribution is -2.54. The maximum absolute atomic E-state index is 14.8. The summed E-state index contributed by atoms with van der Waals surface area (Å²) in [4.78, 5) is 29.3. The van der Waals surface area contributed by atoms with Gasteiger partial charge in [0.05, 0.1) is 11.4 Å². The van der Waals surface area contributed by atoms with Crippen molar-refractivity contribution < 1.29 is 14.0 Å². The molecule has 2 amide bonds. The monoisotopic (exact) mass is 437 g/mol. The van der Waals surface area contributed by atoms with E-state index in [0.29, 0.717) is 16.9 Å². The highest BCUT2D eigenvalue weighted by molar-refractivity contribution is 7.80. The van der Waals surface area contributed by atoms with Crippen LogP contribution >= 0.6 is 12.2 Å². The van der Waals surface area contributed by atoms with E-state index >= 15 is 0 Å². The third-order valence-electron chi connectivity index (χ3n) is 6.00. The Morgan fingerprint density at radius 1 is 1.03 bits per heavy atom. The molecule has 2 aliphatic heterocycles. The van der Waals surface area contributed by atoms with Crippen molar-refractivity contribution in [1.29, 1.82) is 0 Å². The molecule has 2 aromatic carbocycles. The van der Waals surface area contributed by atoms with Gasteiger partial charge in [0.1, 0.15) is 11.4 Å². The molecule has 0 saturated carbocycles. The minimum atomic E-state index is -0.583. The summed E-state index contributed by atoms with van der Waals surface area (Å²) in [5.74, 6) is -1.46. The first kappa shape index (κ1) is 21.2. The second kappa shape index (κ2) is 8.23. The molecule has 0 spiro atoms.